The molecule has 0 aliphatic rings. The fourth-order valence-corrected chi connectivity index (χ4v) is 2.42. The molecule has 2 aromatic heterocycles. The minimum absolute atomic E-state index is 0. The molecule has 0 atom stereocenters. The van der Waals surface area contributed by atoms with E-state index >= 15 is 0 Å². The lowest BCUT2D eigenvalue weighted by atomic mass is 10.2. The topological polar surface area (TPSA) is 59.2 Å². The van der Waals surface area contributed by atoms with Gasteiger partial charge in [-0.15, -0.1) is 24.0 Å². The second kappa shape index (κ2) is 9.87. The summed E-state index contributed by atoms with van der Waals surface area (Å²) in [5, 5.41) is 10.9. The number of halogens is 1. The van der Waals surface area contributed by atoms with Crippen molar-refractivity contribution in [1.82, 2.24) is 25.0 Å². The lowest BCUT2D eigenvalue weighted by molar-refractivity contribution is 0.665. The van der Waals surface area contributed by atoms with Crippen LogP contribution in [0, 0.1) is 0 Å². The maximum atomic E-state index is 4.25. The Morgan fingerprint density at radius 2 is 1.80 bits per heavy atom. The van der Waals surface area contributed by atoms with Crippen LogP contribution in [-0.4, -0.2) is 33.9 Å². The van der Waals surface area contributed by atoms with Crippen LogP contribution >= 0.6 is 24.0 Å². The van der Waals surface area contributed by atoms with E-state index in [0.717, 1.165) is 31.3 Å². The predicted molar refractivity (Wildman–Crippen MR) is 112 cm³/mol. The standard InChI is InChI=1S/C18H22N6.HI/c1-19-18(20-10-14-23-11-2-3-12-23)21-15-16-5-7-17(8-6-16)24-13-4-9-22-24;/h2-9,11-13H,10,14-15H2,1H3,(H2,19,20,21);1H. The van der Waals surface area contributed by atoms with Crippen molar-refractivity contribution >= 4 is 29.9 Å². The Hall–Kier alpha value is -2.29. The minimum atomic E-state index is 0. The van der Waals surface area contributed by atoms with Crippen molar-refractivity contribution in [3.8, 4) is 5.69 Å². The van der Waals surface area contributed by atoms with E-state index in [1.807, 2.05) is 29.1 Å². The van der Waals surface area contributed by atoms with E-state index in [2.05, 4.69) is 62.0 Å². The molecule has 25 heavy (non-hydrogen) atoms. The molecule has 0 fully saturated rings. The first-order chi connectivity index (χ1) is 11.8. The zero-order valence-corrected chi connectivity index (χ0v) is 16.5. The first kappa shape index (κ1) is 19.0. The number of aromatic nitrogens is 3. The fourth-order valence-electron chi connectivity index (χ4n) is 2.42. The number of hydrogen-bond donors (Lipinski definition) is 2. The highest BCUT2D eigenvalue weighted by Gasteiger charge is 2.00. The lowest BCUT2D eigenvalue weighted by Crippen LogP contribution is -2.38. The van der Waals surface area contributed by atoms with Crippen LogP contribution in [0.25, 0.3) is 5.69 Å². The third kappa shape index (κ3) is 5.63. The summed E-state index contributed by atoms with van der Waals surface area (Å²) in [4.78, 5) is 4.25. The number of rotatable bonds is 6. The van der Waals surface area contributed by atoms with Crippen LogP contribution < -0.4 is 10.6 Å². The van der Waals surface area contributed by atoms with Gasteiger partial charge >= 0.3 is 0 Å². The summed E-state index contributed by atoms with van der Waals surface area (Å²) >= 11 is 0. The second-order valence-corrected chi connectivity index (χ2v) is 5.39. The van der Waals surface area contributed by atoms with Crippen LogP contribution in [0.3, 0.4) is 0 Å². The average Bonchev–Trinajstić information content (AvgIpc) is 3.32. The van der Waals surface area contributed by atoms with Gasteiger partial charge in [0.25, 0.3) is 0 Å². The Labute approximate surface area is 165 Å². The van der Waals surface area contributed by atoms with Crippen LogP contribution in [0.1, 0.15) is 5.56 Å². The van der Waals surface area contributed by atoms with Crippen molar-refractivity contribution in [2.24, 2.45) is 4.99 Å². The number of nitrogens with one attached hydrogen (secondary N) is 2. The van der Waals surface area contributed by atoms with Crippen molar-refractivity contribution in [2.45, 2.75) is 13.1 Å². The molecule has 6 nitrogen and oxygen atoms in total. The zero-order chi connectivity index (χ0) is 16.6. The van der Waals surface area contributed by atoms with E-state index < -0.39 is 0 Å². The Kier molecular flexibility index (Phi) is 7.52. The van der Waals surface area contributed by atoms with Crippen molar-refractivity contribution in [1.29, 1.82) is 0 Å². The van der Waals surface area contributed by atoms with E-state index in [1.165, 1.54) is 5.56 Å². The Bertz CT molecular complexity index is 747. The van der Waals surface area contributed by atoms with Crippen LogP contribution in [0.15, 0.2) is 72.2 Å². The van der Waals surface area contributed by atoms with Crippen LogP contribution in [-0.2, 0) is 13.1 Å². The molecule has 0 aliphatic carbocycles. The summed E-state index contributed by atoms with van der Waals surface area (Å²) in [6, 6.07) is 14.3. The Morgan fingerprint density at radius 1 is 1.04 bits per heavy atom. The zero-order valence-electron chi connectivity index (χ0n) is 14.2. The molecule has 3 rings (SSSR count). The average molecular weight is 450 g/mol. The molecule has 0 aliphatic heterocycles. The predicted octanol–water partition coefficient (Wildman–Crippen LogP) is 2.66. The molecule has 0 amide bonds. The first-order valence-electron chi connectivity index (χ1n) is 7.99. The number of benzene rings is 1. The third-order valence-electron chi connectivity index (χ3n) is 3.72. The molecule has 0 saturated carbocycles. The van der Waals surface area contributed by atoms with Crippen molar-refractivity contribution in [3.63, 3.8) is 0 Å². The minimum Gasteiger partial charge on any atom is -0.355 e. The molecule has 0 bridgehead atoms. The van der Waals surface area contributed by atoms with Crippen molar-refractivity contribution in [3.05, 3.63) is 72.8 Å². The van der Waals surface area contributed by atoms with E-state index in [9.17, 15) is 0 Å². The van der Waals surface area contributed by atoms with Gasteiger partial charge in [0.05, 0.1) is 5.69 Å². The summed E-state index contributed by atoms with van der Waals surface area (Å²) in [7, 11) is 1.78. The van der Waals surface area contributed by atoms with Gasteiger partial charge in [0.2, 0.25) is 0 Å². The fraction of sp³-hybridized carbons (Fsp3) is 0.222. The summed E-state index contributed by atoms with van der Waals surface area (Å²) in [6.45, 7) is 2.46. The van der Waals surface area contributed by atoms with E-state index in [4.69, 9.17) is 0 Å². The number of nitrogens with zero attached hydrogens (tertiary/aromatic N) is 4. The van der Waals surface area contributed by atoms with E-state index in [-0.39, 0.29) is 24.0 Å². The second-order valence-electron chi connectivity index (χ2n) is 5.39. The first-order valence-corrected chi connectivity index (χ1v) is 7.99. The quantitative estimate of drug-likeness (QED) is 0.345. The Balaban J connectivity index is 0.00000225. The lowest BCUT2D eigenvalue weighted by Gasteiger charge is -2.12. The summed E-state index contributed by atoms with van der Waals surface area (Å²) < 4.78 is 3.98. The molecule has 0 spiro atoms. The van der Waals surface area contributed by atoms with Gasteiger partial charge in [-0.3, -0.25) is 4.99 Å². The van der Waals surface area contributed by atoms with Crippen LogP contribution in [0.2, 0.25) is 0 Å². The van der Waals surface area contributed by atoms with E-state index in [1.54, 1.807) is 13.2 Å². The van der Waals surface area contributed by atoms with Gasteiger partial charge in [0, 0.05) is 51.5 Å². The number of hydrogen-bond acceptors (Lipinski definition) is 2. The maximum absolute atomic E-state index is 4.25. The summed E-state index contributed by atoms with van der Waals surface area (Å²) in [5.74, 6) is 0.804. The summed E-state index contributed by atoms with van der Waals surface area (Å²) in [6.07, 6.45) is 7.82. The molecule has 7 heteroatoms. The SMILES string of the molecule is CN=C(NCCn1cccc1)NCc1ccc(-n2cccn2)cc1.I. The molecule has 2 heterocycles. The van der Waals surface area contributed by atoms with Crippen LogP contribution in [0.4, 0.5) is 0 Å². The Morgan fingerprint density at radius 3 is 2.44 bits per heavy atom. The number of aliphatic imine (C=N–C) groups is 1. The van der Waals surface area contributed by atoms with Crippen LogP contribution in [0.5, 0.6) is 0 Å². The van der Waals surface area contributed by atoms with Crippen molar-refractivity contribution in [2.75, 3.05) is 13.6 Å². The third-order valence-corrected chi connectivity index (χ3v) is 3.72. The van der Waals surface area contributed by atoms with Gasteiger partial charge in [-0.2, -0.15) is 5.10 Å². The van der Waals surface area contributed by atoms with E-state index in [0.29, 0.717) is 0 Å². The normalized spacial score (nSPS) is 11.0. The number of guanidine groups is 1. The molecule has 1 aromatic carbocycles. The molecule has 0 saturated heterocycles. The molecule has 0 radical (unpaired) electrons. The highest BCUT2D eigenvalue weighted by molar-refractivity contribution is 14.0. The molecule has 2 N–H and O–H groups in total. The largest absolute Gasteiger partial charge is 0.355 e. The van der Waals surface area contributed by atoms with Gasteiger partial charge in [-0.25, -0.2) is 4.68 Å². The molecular formula is C18H23IN6. The monoisotopic (exact) mass is 450 g/mol. The molecule has 132 valence electrons. The van der Waals surface area contributed by atoms with Gasteiger partial charge in [-0.1, -0.05) is 12.1 Å². The van der Waals surface area contributed by atoms with Crippen molar-refractivity contribution < 1.29 is 0 Å². The molecule has 0 unspecified atom stereocenters. The molecular weight excluding hydrogens is 427 g/mol. The highest BCUT2D eigenvalue weighted by Crippen LogP contribution is 2.08. The van der Waals surface area contributed by atoms with Gasteiger partial charge in [-0.05, 0) is 35.9 Å². The smallest absolute Gasteiger partial charge is 0.191 e. The maximum Gasteiger partial charge on any atom is 0.191 e. The highest BCUT2D eigenvalue weighted by atomic mass is 127. The molecule has 3 aromatic rings. The van der Waals surface area contributed by atoms with Gasteiger partial charge < -0.3 is 15.2 Å². The van der Waals surface area contributed by atoms with Gasteiger partial charge in [0.1, 0.15) is 0 Å². The summed E-state index contributed by atoms with van der Waals surface area (Å²) in [5.41, 5.74) is 2.25. The van der Waals surface area contributed by atoms with Gasteiger partial charge in [0.15, 0.2) is 5.96 Å².